The molecule has 0 saturated heterocycles. The number of hydrogen-bond acceptors (Lipinski definition) is 2. The van der Waals surface area contributed by atoms with Crippen molar-refractivity contribution < 1.29 is 0 Å². The fourth-order valence-electron chi connectivity index (χ4n) is 1.17. The van der Waals surface area contributed by atoms with E-state index in [9.17, 15) is 0 Å². The Hall–Kier alpha value is -1.84. The molecule has 0 saturated carbocycles. The number of rotatable bonds is 2. The molecular formula is C10H14N4. The topological polar surface area (TPSA) is 76.8 Å². The van der Waals surface area contributed by atoms with Crippen molar-refractivity contribution >= 4 is 11.7 Å². The Morgan fingerprint density at radius 1 is 1.14 bits per heavy atom. The lowest BCUT2D eigenvalue weighted by molar-refractivity contribution is 1.19. The highest BCUT2D eigenvalue weighted by atomic mass is 15.3. The van der Waals surface area contributed by atoms with Gasteiger partial charge in [0.2, 0.25) is 5.96 Å². The van der Waals surface area contributed by atoms with Crippen LogP contribution in [0.2, 0.25) is 0 Å². The summed E-state index contributed by atoms with van der Waals surface area (Å²) in [5.41, 5.74) is 13.4. The number of guanidine groups is 1. The van der Waals surface area contributed by atoms with Crippen LogP contribution in [0, 0.1) is 6.92 Å². The summed E-state index contributed by atoms with van der Waals surface area (Å²) in [4.78, 5) is 0. The maximum Gasteiger partial charge on any atom is 0.211 e. The van der Waals surface area contributed by atoms with Crippen molar-refractivity contribution in [2.24, 2.45) is 21.7 Å². The zero-order chi connectivity index (χ0) is 10.6. The van der Waals surface area contributed by atoms with Crippen LogP contribution in [0.5, 0.6) is 0 Å². The Bertz CT molecular complexity index is 375. The quantitative estimate of drug-likeness (QED) is 0.414. The van der Waals surface area contributed by atoms with Gasteiger partial charge in [0.05, 0.1) is 5.71 Å². The summed E-state index contributed by atoms with van der Waals surface area (Å²) >= 11 is 0. The lowest BCUT2D eigenvalue weighted by Crippen LogP contribution is -2.22. The average molecular weight is 190 g/mol. The molecule has 0 unspecified atom stereocenters. The molecule has 4 heteroatoms. The van der Waals surface area contributed by atoms with Gasteiger partial charge in [-0.25, -0.2) is 0 Å². The second kappa shape index (κ2) is 4.41. The number of benzene rings is 1. The monoisotopic (exact) mass is 190 g/mol. The van der Waals surface area contributed by atoms with E-state index in [0.717, 1.165) is 16.8 Å². The van der Waals surface area contributed by atoms with Crippen LogP contribution in [0.25, 0.3) is 0 Å². The molecule has 1 rings (SSSR count). The van der Waals surface area contributed by atoms with Gasteiger partial charge in [-0.3, -0.25) is 0 Å². The van der Waals surface area contributed by atoms with Crippen LogP contribution in [0.15, 0.2) is 34.5 Å². The highest BCUT2D eigenvalue weighted by Gasteiger charge is 1.99. The van der Waals surface area contributed by atoms with Crippen molar-refractivity contribution in [3.05, 3.63) is 35.4 Å². The molecule has 14 heavy (non-hydrogen) atoms. The standard InChI is InChI=1S/C10H14N4/c1-7-5-3-4-6-9(7)8(2)13-14-10(11)12/h3-6H,1-2H3,(H4,11,12,14)/b13-8+. The number of hydrogen-bond donors (Lipinski definition) is 2. The van der Waals surface area contributed by atoms with Crippen molar-refractivity contribution in [1.29, 1.82) is 0 Å². The minimum atomic E-state index is -0.0297. The van der Waals surface area contributed by atoms with Gasteiger partial charge in [-0.2, -0.15) is 5.10 Å². The third-order valence-electron chi connectivity index (χ3n) is 1.85. The Labute approximate surface area is 83.3 Å². The Kier molecular flexibility index (Phi) is 3.23. The molecule has 0 spiro atoms. The molecule has 0 heterocycles. The lowest BCUT2D eigenvalue weighted by atomic mass is 10.1. The van der Waals surface area contributed by atoms with Crippen LogP contribution in [-0.4, -0.2) is 11.7 Å². The first-order valence-electron chi connectivity index (χ1n) is 4.30. The molecule has 74 valence electrons. The zero-order valence-electron chi connectivity index (χ0n) is 8.36. The van der Waals surface area contributed by atoms with Gasteiger partial charge in [0.25, 0.3) is 0 Å². The van der Waals surface area contributed by atoms with E-state index in [1.54, 1.807) is 0 Å². The van der Waals surface area contributed by atoms with Gasteiger partial charge >= 0.3 is 0 Å². The summed E-state index contributed by atoms with van der Waals surface area (Å²) in [7, 11) is 0. The molecule has 1 aromatic carbocycles. The summed E-state index contributed by atoms with van der Waals surface area (Å²) in [6, 6.07) is 7.93. The van der Waals surface area contributed by atoms with Gasteiger partial charge in [0.15, 0.2) is 0 Å². The molecule has 0 bridgehead atoms. The van der Waals surface area contributed by atoms with Gasteiger partial charge in [-0.15, -0.1) is 5.10 Å². The van der Waals surface area contributed by atoms with Crippen molar-refractivity contribution in [3.63, 3.8) is 0 Å². The molecule has 0 amide bonds. The second-order valence-electron chi connectivity index (χ2n) is 3.03. The zero-order valence-corrected chi connectivity index (χ0v) is 8.36. The molecule has 0 aliphatic carbocycles. The fourth-order valence-corrected chi connectivity index (χ4v) is 1.17. The molecule has 0 atom stereocenters. The van der Waals surface area contributed by atoms with Crippen LogP contribution < -0.4 is 11.5 Å². The maximum atomic E-state index is 5.18. The van der Waals surface area contributed by atoms with Gasteiger partial charge in [-0.05, 0) is 19.4 Å². The van der Waals surface area contributed by atoms with Gasteiger partial charge in [-0.1, -0.05) is 24.3 Å². The van der Waals surface area contributed by atoms with E-state index in [0.29, 0.717) is 0 Å². The van der Waals surface area contributed by atoms with Gasteiger partial charge in [0.1, 0.15) is 0 Å². The van der Waals surface area contributed by atoms with E-state index in [-0.39, 0.29) is 5.96 Å². The van der Waals surface area contributed by atoms with E-state index in [1.807, 2.05) is 38.1 Å². The van der Waals surface area contributed by atoms with E-state index < -0.39 is 0 Å². The first-order chi connectivity index (χ1) is 6.61. The Balaban J connectivity index is 3.01. The largest absolute Gasteiger partial charge is 0.369 e. The normalized spacial score (nSPS) is 11.1. The summed E-state index contributed by atoms with van der Waals surface area (Å²) < 4.78 is 0. The average Bonchev–Trinajstić information content (AvgIpc) is 2.15. The van der Waals surface area contributed by atoms with E-state index in [1.165, 1.54) is 0 Å². The summed E-state index contributed by atoms with van der Waals surface area (Å²) in [5.74, 6) is -0.0297. The minimum Gasteiger partial charge on any atom is -0.369 e. The molecular weight excluding hydrogens is 176 g/mol. The number of nitrogens with two attached hydrogens (primary N) is 2. The predicted octanol–water partition coefficient (Wildman–Crippen LogP) is 0.992. The summed E-state index contributed by atoms with van der Waals surface area (Å²) in [5, 5.41) is 7.51. The van der Waals surface area contributed by atoms with E-state index in [4.69, 9.17) is 11.5 Å². The van der Waals surface area contributed by atoms with Crippen LogP contribution in [-0.2, 0) is 0 Å². The maximum absolute atomic E-state index is 5.18. The number of aryl methyl sites for hydroxylation is 1. The smallest absolute Gasteiger partial charge is 0.211 e. The minimum absolute atomic E-state index is 0.0297. The molecule has 4 nitrogen and oxygen atoms in total. The number of nitrogens with zero attached hydrogens (tertiary/aromatic N) is 2. The fraction of sp³-hybridized carbons (Fsp3) is 0.200. The molecule has 1 aromatic rings. The van der Waals surface area contributed by atoms with Crippen LogP contribution in [0.3, 0.4) is 0 Å². The molecule has 0 fully saturated rings. The molecule has 0 aromatic heterocycles. The third-order valence-corrected chi connectivity index (χ3v) is 1.85. The third kappa shape index (κ3) is 2.58. The second-order valence-corrected chi connectivity index (χ2v) is 3.03. The van der Waals surface area contributed by atoms with Crippen LogP contribution >= 0.6 is 0 Å². The van der Waals surface area contributed by atoms with Gasteiger partial charge in [0, 0.05) is 5.56 Å². The van der Waals surface area contributed by atoms with Crippen molar-refractivity contribution in [2.45, 2.75) is 13.8 Å². The first kappa shape index (κ1) is 10.2. The molecule has 0 aliphatic rings. The predicted molar refractivity (Wildman–Crippen MR) is 59.2 cm³/mol. The highest BCUT2D eigenvalue weighted by Crippen LogP contribution is 2.08. The summed E-state index contributed by atoms with van der Waals surface area (Å²) in [6.45, 7) is 3.89. The van der Waals surface area contributed by atoms with Gasteiger partial charge < -0.3 is 11.5 Å². The van der Waals surface area contributed by atoms with Crippen molar-refractivity contribution in [3.8, 4) is 0 Å². The van der Waals surface area contributed by atoms with E-state index >= 15 is 0 Å². The Morgan fingerprint density at radius 2 is 1.79 bits per heavy atom. The molecule has 0 aliphatic heterocycles. The molecule has 4 N–H and O–H groups in total. The van der Waals surface area contributed by atoms with Crippen molar-refractivity contribution in [2.75, 3.05) is 0 Å². The summed E-state index contributed by atoms with van der Waals surface area (Å²) in [6.07, 6.45) is 0. The first-order valence-corrected chi connectivity index (χ1v) is 4.30. The highest BCUT2D eigenvalue weighted by molar-refractivity contribution is 6.00. The van der Waals surface area contributed by atoms with Crippen LogP contribution in [0.4, 0.5) is 0 Å². The van der Waals surface area contributed by atoms with Crippen LogP contribution in [0.1, 0.15) is 18.1 Å². The van der Waals surface area contributed by atoms with Crippen molar-refractivity contribution in [1.82, 2.24) is 0 Å². The lowest BCUT2D eigenvalue weighted by Gasteiger charge is -2.02. The molecule has 0 radical (unpaired) electrons. The SMILES string of the molecule is C/C(=N\N=C(N)N)c1ccccc1C. The van der Waals surface area contributed by atoms with E-state index in [2.05, 4.69) is 10.2 Å². The Morgan fingerprint density at radius 3 is 2.36 bits per heavy atom.